The maximum Gasteiger partial charge on any atom is 0.0414 e. The second-order valence-electron chi connectivity index (χ2n) is 3.29. The molecule has 0 aliphatic rings. The van der Waals surface area contributed by atoms with Crippen LogP contribution in [0.2, 0.25) is 0 Å². The number of anilines is 3. The molecule has 15 heavy (non-hydrogen) atoms. The van der Waals surface area contributed by atoms with Crippen LogP contribution in [-0.2, 0) is 6.42 Å². The van der Waals surface area contributed by atoms with Crippen LogP contribution in [0.3, 0.4) is 0 Å². The summed E-state index contributed by atoms with van der Waals surface area (Å²) in [7, 11) is 5.78. The van der Waals surface area contributed by atoms with E-state index >= 15 is 0 Å². The number of hydrogen-bond donors (Lipinski definition) is 3. The molecule has 82 valence electrons. The van der Waals surface area contributed by atoms with E-state index in [1.54, 1.807) is 0 Å². The van der Waals surface area contributed by atoms with Crippen molar-refractivity contribution in [3.8, 4) is 0 Å². The Kier molecular flexibility index (Phi) is 4.03. The first-order chi connectivity index (χ1) is 7.26. The topological polar surface area (TPSA) is 36.1 Å². The first-order valence-corrected chi connectivity index (χ1v) is 5.07. The van der Waals surface area contributed by atoms with E-state index in [2.05, 4.69) is 34.7 Å². The van der Waals surface area contributed by atoms with E-state index in [-0.39, 0.29) is 0 Å². The summed E-state index contributed by atoms with van der Waals surface area (Å²) in [5.74, 6) is 0. The van der Waals surface area contributed by atoms with Gasteiger partial charge in [0.1, 0.15) is 0 Å². The van der Waals surface area contributed by atoms with Crippen LogP contribution in [0.1, 0.15) is 5.56 Å². The van der Waals surface area contributed by atoms with Crippen molar-refractivity contribution in [2.24, 2.45) is 0 Å². The van der Waals surface area contributed by atoms with Crippen LogP contribution in [0.25, 0.3) is 0 Å². The summed E-state index contributed by atoms with van der Waals surface area (Å²) in [6, 6.07) is 4.19. The first-order valence-electron chi connectivity index (χ1n) is 5.07. The molecule has 0 bridgehead atoms. The van der Waals surface area contributed by atoms with Crippen molar-refractivity contribution in [2.45, 2.75) is 6.42 Å². The average Bonchev–Trinajstić information content (AvgIpc) is 2.29. The maximum absolute atomic E-state index is 3.78. The van der Waals surface area contributed by atoms with E-state index in [4.69, 9.17) is 0 Å². The van der Waals surface area contributed by atoms with Crippen LogP contribution in [-0.4, -0.2) is 21.1 Å². The standard InChI is InChI=1S/C12H19N3/c1-5-6-10-11(14-3)7-9(13-2)8-12(10)15-4/h5,7-8,13-15H,1,6H2,2-4H3. The highest BCUT2D eigenvalue weighted by Gasteiger charge is 2.07. The van der Waals surface area contributed by atoms with Crippen molar-refractivity contribution in [3.63, 3.8) is 0 Å². The minimum atomic E-state index is 0.857. The molecule has 0 spiro atoms. The van der Waals surface area contributed by atoms with Gasteiger partial charge in [-0.3, -0.25) is 0 Å². The minimum Gasteiger partial charge on any atom is -0.388 e. The Balaban J connectivity index is 3.25. The van der Waals surface area contributed by atoms with Gasteiger partial charge in [0.05, 0.1) is 0 Å². The largest absolute Gasteiger partial charge is 0.388 e. The number of benzene rings is 1. The van der Waals surface area contributed by atoms with Crippen molar-refractivity contribution in [2.75, 3.05) is 37.1 Å². The van der Waals surface area contributed by atoms with Crippen LogP contribution in [0.4, 0.5) is 17.1 Å². The molecule has 0 atom stereocenters. The normalized spacial score (nSPS) is 9.53. The average molecular weight is 205 g/mol. The van der Waals surface area contributed by atoms with Crippen molar-refractivity contribution in [1.29, 1.82) is 0 Å². The summed E-state index contributed by atoms with van der Waals surface area (Å²) in [5, 5.41) is 9.54. The summed E-state index contributed by atoms with van der Waals surface area (Å²) in [5.41, 5.74) is 4.60. The smallest absolute Gasteiger partial charge is 0.0414 e. The van der Waals surface area contributed by atoms with Crippen LogP contribution in [0.15, 0.2) is 24.8 Å². The molecule has 1 rings (SSSR count). The third-order valence-electron chi connectivity index (χ3n) is 2.43. The summed E-state index contributed by atoms with van der Waals surface area (Å²) < 4.78 is 0. The second kappa shape index (κ2) is 5.29. The van der Waals surface area contributed by atoms with E-state index < -0.39 is 0 Å². The molecule has 3 N–H and O–H groups in total. The molecule has 0 saturated heterocycles. The molecule has 1 aromatic carbocycles. The molecule has 0 fully saturated rings. The molecule has 3 nitrogen and oxygen atoms in total. The Labute approximate surface area is 91.6 Å². The van der Waals surface area contributed by atoms with Gasteiger partial charge in [0, 0.05) is 43.8 Å². The van der Waals surface area contributed by atoms with Gasteiger partial charge in [0.25, 0.3) is 0 Å². The Hall–Kier alpha value is -1.64. The van der Waals surface area contributed by atoms with Gasteiger partial charge in [-0.15, -0.1) is 6.58 Å². The summed E-state index contributed by atoms with van der Waals surface area (Å²) >= 11 is 0. The molecule has 0 aliphatic carbocycles. The highest BCUT2D eigenvalue weighted by atomic mass is 14.9. The molecule has 0 unspecified atom stereocenters. The third kappa shape index (κ3) is 2.43. The minimum absolute atomic E-state index is 0.857. The predicted molar refractivity (Wildman–Crippen MR) is 69.0 cm³/mol. The number of rotatable bonds is 5. The van der Waals surface area contributed by atoms with Gasteiger partial charge in [-0.05, 0) is 18.6 Å². The Morgan fingerprint density at radius 1 is 1.07 bits per heavy atom. The zero-order valence-corrected chi connectivity index (χ0v) is 9.65. The lowest BCUT2D eigenvalue weighted by Gasteiger charge is -2.15. The molecule has 0 radical (unpaired) electrons. The van der Waals surface area contributed by atoms with Crippen LogP contribution in [0.5, 0.6) is 0 Å². The quantitative estimate of drug-likeness (QED) is 0.646. The van der Waals surface area contributed by atoms with Crippen molar-refractivity contribution >= 4 is 17.1 Å². The lowest BCUT2D eigenvalue weighted by atomic mass is 10.1. The van der Waals surface area contributed by atoms with Crippen LogP contribution >= 0.6 is 0 Å². The van der Waals surface area contributed by atoms with E-state index in [1.807, 2.05) is 27.2 Å². The zero-order chi connectivity index (χ0) is 11.3. The van der Waals surface area contributed by atoms with Gasteiger partial charge >= 0.3 is 0 Å². The van der Waals surface area contributed by atoms with Crippen molar-refractivity contribution in [3.05, 3.63) is 30.4 Å². The summed E-state index contributed by atoms with van der Waals surface area (Å²) in [6.45, 7) is 3.78. The monoisotopic (exact) mass is 205 g/mol. The fourth-order valence-electron chi connectivity index (χ4n) is 1.63. The molecule has 0 aliphatic heterocycles. The van der Waals surface area contributed by atoms with Crippen molar-refractivity contribution < 1.29 is 0 Å². The number of hydrogen-bond acceptors (Lipinski definition) is 3. The fraction of sp³-hybridized carbons (Fsp3) is 0.333. The van der Waals surface area contributed by atoms with Gasteiger partial charge < -0.3 is 16.0 Å². The maximum atomic E-state index is 3.78. The molecule has 3 heteroatoms. The van der Waals surface area contributed by atoms with E-state index in [0.29, 0.717) is 0 Å². The summed E-state index contributed by atoms with van der Waals surface area (Å²) in [6.07, 6.45) is 2.77. The molecule has 0 saturated carbocycles. The molecule has 1 aromatic rings. The summed E-state index contributed by atoms with van der Waals surface area (Å²) in [4.78, 5) is 0. The van der Waals surface area contributed by atoms with Gasteiger partial charge in [-0.1, -0.05) is 6.08 Å². The SMILES string of the molecule is C=CCc1c(NC)cc(NC)cc1NC. The second-order valence-corrected chi connectivity index (χ2v) is 3.29. The molecule has 0 heterocycles. The van der Waals surface area contributed by atoms with E-state index in [9.17, 15) is 0 Å². The first kappa shape index (κ1) is 11.4. The van der Waals surface area contributed by atoms with Gasteiger partial charge in [0.2, 0.25) is 0 Å². The highest BCUT2D eigenvalue weighted by molar-refractivity contribution is 5.73. The lowest BCUT2D eigenvalue weighted by Crippen LogP contribution is -2.02. The van der Waals surface area contributed by atoms with E-state index in [0.717, 1.165) is 23.5 Å². The van der Waals surface area contributed by atoms with Gasteiger partial charge in [-0.25, -0.2) is 0 Å². The molecular weight excluding hydrogens is 186 g/mol. The van der Waals surface area contributed by atoms with Crippen molar-refractivity contribution in [1.82, 2.24) is 0 Å². The third-order valence-corrected chi connectivity index (χ3v) is 2.43. The number of allylic oxidation sites excluding steroid dienone is 1. The Morgan fingerprint density at radius 3 is 1.93 bits per heavy atom. The molecular formula is C12H19N3. The van der Waals surface area contributed by atoms with Crippen LogP contribution in [0, 0.1) is 0 Å². The fourth-order valence-corrected chi connectivity index (χ4v) is 1.63. The predicted octanol–water partition coefficient (Wildman–Crippen LogP) is 2.54. The highest BCUT2D eigenvalue weighted by Crippen LogP contribution is 2.29. The Bertz CT molecular complexity index is 320. The number of nitrogens with one attached hydrogen (secondary N) is 3. The molecule has 0 aromatic heterocycles. The molecule has 0 amide bonds. The van der Waals surface area contributed by atoms with Gasteiger partial charge in [0.15, 0.2) is 0 Å². The van der Waals surface area contributed by atoms with Gasteiger partial charge in [-0.2, -0.15) is 0 Å². The lowest BCUT2D eigenvalue weighted by molar-refractivity contribution is 1.25. The zero-order valence-electron chi connectivity index (χ0n) is 9.65. The van der Waals surface area contributed by atoms with E-state index in [1.165, 1.54) is 5.56 Å². The Morgan fingerprint density at radius 2 is 1.60 bits per heavy atom. The van der Waals surface area contributed by atoms with Crippen LogP contribution < -0.4 is 16.0 Å².